The Morgan fingerprint density at radius 1 is 1.05 bits per heavy atom. The van der Waals surface area contributed by atoms with Crippen molar-refractivity contribution in [3.8, 4) is 0 Å². The number of aliphatic carboxylic acids is 1. The van der Waals surface area contributed by atoms with Crippen molar-refractivity contribution in [3.63, 3.8) is 0 Å². The number of carbonyl (C=O) groups is 3. The number of rotatable bonds is 8. The molecule has 0 saturated carbocycles. The molecule has 0 radical (unpaired) electrons. The number of alkyl halides is 7. The molecule has 0 saturated heterocycles. The fraction of sp³-hybridized carbons (Fsp3) is 0.320. The van der Waals surface area contributed by atoms with Crippen LogP contribution >= 0.6 is 0 Å². The molecule has 2 aromatic carbocycles. The zero-order chi connectivity index (χ0) is 31.9. The average molecular weight is 617 g/mol. The highest BCUT2D eigenvalue weighted by atomic mass is 19.4. The Labute approximate surface area is 236 Å². The van der Waals surface area contributed by atoms with Crippen molar-refractivity contribution in [2.24, 2.45) is 16.5 Å². The molecule has 2 amide bonds. The summed E-state index contributed by atoms with van der Waals surface area (Å²) < 4.78 is 95.9. The van der Waals surface area contributed by atoms with Crippen molar-refractivity contribution >= 4 is 40.3 Å². The average Bonchev–Trinajstić information content (AvgIpc) is 3.31. The molecular weight excluding hydrogens is 595 g/mol. The molecule has 1 aliphatic rings. The van der Waals surface area contributed by atoms with E-state index in [0.29, 0.717) is 12.1 Å². The molecule has 0 bridgehead atoms. The minimum atomic E-state index is -5.26. The molecule has 43 heavy (non-hydrogen) atoms. The molecule has 2 unspecified atom stereocenters. The molecule has 2 heterocycles. The summed E-state index contributed by atoms with van der Waals surface area (Å²) >= 11 is 0. The number of amides is 2. The van der Waals surface area contributed by atoms with E-state index in [1.807, 2.05) is 0 Å². The highest BCUT2D eigenvalue weighted by Crippen LogP contribution is 2.42. The second-order valence-corrected chi connectivity index (χ2v) is 9.59. The van der Waals surface area contributed by atoms with Gasteiger partial charge in [-0.1, -0.05) is 0 Å². The number of anilines is 1. The number of primary amides is 2. The third-order valence-corrected chi connectivity index (χ3v) is 6.56. The lowest BCUT2D eigenvalue weighted by Crippen LogP contribution is -2.41. The first kappa shape index (κ1) is 31.0. The summed E-state index contributed by atoms with van der Waals surface area (Å²) in [6, 6.07) is 0.887. The molecule has 1 aromatic heterocycles. The van der Waals surface area contributed by atoms with Gasteiger partial charge in [0.05, 0.1) is 48.0 Å². The monoisotopic (exact) mass is 617 g/mol. The zero-order valence-electron chi connectivity index (χ0n) is 21.6. The van der Waals surface area contributed by atoms with Gasteiger partial charge in [-0.25, -0.2) is 9.38 Å². The number of fused-ring (bicyclic) bond motifs is 1. The highest BCUT2D eigenvalue weighted by Gasteiger charge is 2.40. The zero-order valence-corrected chi connectivity index (χ0v) is 21.6. The van der Waals surface area contributed by atoms with E-state index in [2.05, 4.69) is 20.7 Å². The third kappa shape index (κ3) is 6.78. The highest BCUT2D eigenvalue weighted by molar-refractivity contribution is 6.07. The van der Waals surface area contributed by atoms with Crippen LogP contribution in [0.5, 0.6) is 0 Å². The summed E-state index contributed by atoms with van der Waals surface area (Å²) in [5.74, 6) is -5.82. The number of halogens is 7. The molecule has 3 aromatic rings. The second-order valence-electron chi connectivity index (χ2n) is 9.59. The van der Waals surface area contributed by atoms with E-state index < -0.39 is 71.4 Å². The molecule has 230 valence electrons. The molecule has 18 heteroatoms. The van der Waals surface area contributed by atoms with Gasteiger partial charge in [0.1, 0.15) is 12.2 Å². The summed E-state index contributed by atoms with van der Waals surface area (Å²) in [4.78, 5) is 40.7. The van der Waals surface area contributed by atoms with Gasteiger partial charge in [-0.3, -0.25) is 19.1 Å². The van der Waals surface area contributed by atoms with Crippen molar-refractivity contribution in [3.05, 3.63) is 58.8 Å². The Hall–Kier alpha value is -4.90. The van der Waals surface area contributed by atoms with Crippen molar-refractivity contribution in [2.75, 3.05) is 18.4 Å². The van der Waals surface area contributed by atoms with Crippen LogP contribution < -0.4 is 22.1 Å². The van der Waals surface area contributed by atoms with Crippen LogP contribution in [0, 0.1) is 0 Å². The first-order valence-electron chi connectivity index (χ1n) is 12.3. The number of nitrogens with zero attached hydrogens (tertiary/aromatic N) is 3. The summed E-state index contributed by atoms with van der Waals surface area (Å²) in [6.45, 7) is -0.286. The van der Waals surface area contributed by atoms with Crippen LogP contribution in [0.4, 0.5) is 36.4 Å². The van der Waals surface area contributed by atoms with Crippen molar-refractivity contribution in [1.82, 2.24) is 15.1 Å². The number of hydrogen-bond acceptors (Lipinski definition) is 7. The van der Waals surface area contributed by atoms with Gasteiger partial charge in [0.25, 0.3) is 0 Å². The van der Waals surface area contributed by atoms with Crippen LogP contribution in [0.3, 0.4) is 0 Å². The van der Waals surface area contributed by atoms with Crippen molar-refractivity contribution in [2.45, 2.75) is 36.9 Å². The van der Waals surface area contributed by atoms with Gasteiger partial charge in [-0.2, -0.15) is 31.4 Å². The topological polar surface area (TPSA) is 178 Å². The molecule has 0 fully saturated rings. The SMILES string of the molecule is NC(=O)c1cc(NC2=NCC(F)CN2)c2cnn(C(C(N)=O)[C@@H](CC(=O)O)c3cc(C(F)(F)F)cc(C(F)(F)F)c3)c2c1. The lowest BCUT2D eigenvalue weighted by Gasteiger charge is -2.27. The molecule has 0 aliphatic carbocycles. The van der Waals surface area contributed by atoms with Crippen molar-refractivity contribution < 1.29 is 50.2 Å². The summed E-state index contributed by atoms with van der Waals surface area (Å²) in [5.41, 5.74) is 6.53. The van der Waals surface area contributed by atoms with Gasteiger partial charge in [0.2, 0.25) is 11.8 Å². The Morgan fingerprint density at radius 3 is 2.16 bits per heavy atom. The van der Waals surface area contributed by atoms with E-state index in [9.17, 15) is 50.2 Å². The minimum Gasteiger partial charge on any atom is -0.481 e. The smallest absolute Gasteiger partial charge is 0.416 e. The molecule has 4 rings (SSSR count). The number of carbonyl (C=O) groups excluding carboxylic acids is 2. The number of aromatic nitrogens is 2. The van der Waals surface area contributed by atoms with E-state index in [0.717, 1.165) is 16.9 Å². The molecule has 11 nitrogen and oxygen atoms in total. The number of nitrogens with one attached hydrogen (secondary N) is 2. The number of guanidine groups is 1. The lowest BCUT2D eigenvalue weighted by atomic mass is 9.85. The predicted octanol–water partition coefficient (Wildman–Crippen LogP) is 3.17. The van der Waals surface area contributed by atoms with Crippen LogP contribution in [0.2, 0.25) is 0 Å². The maximum atomic E-state index is 13.6. The van der Waals surface area contributed by atoms with Crippen LogP contribution in [-0.4, -0.2) is 57.9 Å². The van der Waals surface area contributed by atoms with E-state index in [1.54, 1.807) is 0 Å². The lowest BCUT2D eigenvalue weighted by molar-refractivity contribution is -0.143. The second kappa shape index (κ2) is 11.4. The van der Waals surface area contributed by atoms with Gasteiger partial charge in [0, 0.05) is 16.9 Å². The summed E-state index contributed by atoms with van der Waals surface area (Å²) in [7, 11) is 0. The van der Waals surface area contributed by atoms with Gasteiger partial charge >= 0.3 is 18.3 Å². The minimum absolute atomic E-state index is 0.0865. The number of hydrogen-bond donors (Lipinski definition) is 5. The van der Waals surface area contributed by atoms with Crippen LogP contribution in [-0.2, 0) is 21.9 Å². The van der Waals surface area contributed by atoms with Crippen LogP contribution in [0.25, 0.3) is 10.9 Å². The Morgan fingerprint density at radius 2 is 1.67 bits per heavy atom. The number of aliphatic imine (C=N–C) groups is 1. The number of carboxylic acid groups (broad SMARTS) is 1. The number of nitrogens with two attached hydrogens (primary N) is 2. The van der Waals surface area contributed by atoms with Crippen LogP contribution in [0.15, 0.2) is 41.5 Å². The molecular formula is C25H22F7N7O4. The van der Waals surface area contributed by atoms with E-state index in [4.69, 9.17) is 11.5 Å². The first-order chi connectivity index (χ1) is 20.0. The van der Waals surface area contributed by atoms with Gasteiger partial charge < -0.3 is 27.2 Å². The fourth-order valence-corrected chi connectivity index (χ4v) is 4.62. The van der Waals surface area contributed by atoms with Crippen LogP contribution in [0.1, 0.15) is 45.4 Å². The van der Waals surface area contributed by atoms with E-state index in [1.165, 1.54) is 6.07 Å². The Kier molecular flexibility index (Phi) is 8.24. The van der Waals surface area contributed by atoms with Gasteiger partial charge in [-0.05, 0) is 35.9 Å². The van der Waals surface area contributed by atoms with E-state index in [-0.39, 0.29) is 47.3 Å². The standard InChI is InChI=1S/C25H22F7N7O4/c26-14-7-35-23(36-8-14)38-17-3-11(21(33)42)4-18-16(17)9-37-39(18)20(22(34)43)15(6-19(40)41)10-1-12(24(27,28)29)5-13(2-10)25(30,31)32/h1-5,9,14-15,20H,6-8H2,(H2,33,42)(H2,34,43)(H,40,41)(H2,35,36,38)/t15-,20?/m0/s1. The quantitative estimate of drug-likeness (QED) is 0.241. The van der Waals surface area contributed by atoms with Gasteiger partial charge in [0.15, 0.2) is 5.96 Å². The predicted molar refractivity (Wildman–Crippen MR) is 137 cm³/mol. The maximum Gasteiger partial charge on any atom is 0.416 e. The first-order valence-corrected chi connectivity index (χ1v) is 12.3. The largest absolute Gasteiger partial charge is 0.481 e. The molecule has 7 N–H and O–H groups in total. The number of carboxylic acids is 1. The van der Waals surface area contributed by atoms with Crippen molar-refractivity contribution in [1.29, 1.82) is 0 Å². The normalized spacial score (nSPS) is 17.1. The Balaban J connectivity index is 1.93. The number of benzene rings is 2. The Bertz CT molecular complexity index is 1590. The molecule has 0 spiro atoms. The molecule has 1 aliphatic heterocycles. The fourth-order valence-electron chi connectivity index (χ4n) is 4.62. The summed E-state index contributed by atoms with van der Waals surface area (Å²) in [6.07, 6.45) is -11.8. The third-order valence-electron chi connectivity index (χ3n) is 6.56. The van der Waals surface area contributed by atoms with E-state index >= 15 is 0 Å². The molecule has 3 atom stereocenters. The maximum absolute atomic E-state index is 13.6. The summed E-state index contributed by atoms with van der Waals surface area (Å²) in [5, 5.41) is 19.2. The van der Waals surface area contributed by atoms with Gasteiger partial charge in [-0.15, -0.1) is 0 Å².